The molecule has 0 radical (unpaired) electrons. The van der Waals surface area contributed by atoms with Crippen molar-refractivity contribution in [2.24, 2.45) is 4.99 Å². The minimum atomic E-state index is 0. The average Bonchev–Trinajstić information content (AvgIpc) is 2.70. The van der Waals surface area contributed by atoms with Crippen molar-refractivity contribution in [3.63, 3.8) is 0 Å². The number of hydrogen-bond acceptors (Lipinski definition) is 2. The van der Waals surface area contributed by atoms with Crippen LogP contribution >= 0.6 is 24.0 Å². The molecule has 3 aromatic rings. The Labute approximate surface area is 178 Å². The van der Waals surface area contributed by atoms with Gasteiger partial charge in [-0.3, -0.25) is 4.98 Å². The first-order chi connectivity index (χ1) is 12.8. The van der Waals surface area contributed by atoms with E-state index in [-0.39, 0.29) is 24.0 Å². The Bertz CT molecular complexity index is 887. The molecule has 0 aliphatic rings. The molecule has 2 aromatic carbocycles. The van der Waals surface area contributed by atoms with E-state index < -0.39 is 0 Å². The second-order valence-electron chi connectivity index (χ2n) is 6.15. The van der Waals surface area contributed by atoms with Crippen LogP contribution < -0.4 is 10.6 Å². The molecule has 0 aliphatic carbocycles. The van der Waals surface area contributed by atoms with Gasteiger partial charge in [0, 0.05) is 18.1 Å². The number of aromatic nitrogens is 1. The SMILES string of the molecule is CCNC(=NCc1ccccc1CC)NCc1nccc2ccccc12.I. The summed E-state index contributed by atoms with van der Waals surface area (Å²) in [6, 6.07) is 18.8. The monoisotopic (exact) mass is 474 g/mol. The van der Waals surface area contributed by atoms with Crippen LogP contribution in [0.4, 0.5) is 0 Å². The number of aliphatic imine (C=N–C) groups is 1. The number of halogens is 1. The van der Waals surface area contributed by atoms with Gasteiger partial charge in [0.15, 0.2) is 5.96 Å². The molecule has 5 heteroatoms. The normalized spacial score (nSPS) is 11.1. The largest absolute Gasteiger partial charge is 0.357 e. The highest BCUT2D eigenvalue weighted by atomic mass is 127. The summed E-state index contributed by atoms with van der Waals surface area (Å²) in [5, 5.41) is 9.12. The number of aryl methyl sites for hydroxylation is 1. The molecule has 0 unspecified atom stereocenters. The van der Waals surface area contributed by atoms with E-state index in [1.165, 1.54) is 21.9 Å². The van der Waals surface area contributed by atoms with Gasteiger partial charge in [-0.15, -0.1) is 24.0 Å². The lowest BCUT2D eigenvalue weighted by atomic mass is 10.1. The van der Waals surface area contributed by atoms with E-state index in [1.807, 2.05) is 12.3 Å². The summed E-state index contributed by atoms with van der Waals surface area (Å²) >= 11 is 0. The fraction of sp³-hybridized carbons (Fsp3) is 0.273. The molecule has 0 saturated heterocycles. The van der Waals surface area contributed by atoms with Crippen LogP contribution in [0.2, 0.25) is 0 Å². The van der Waals surface area contributed by atoms with Crippen molar-refractivity contribution in [2.45, 2.75) is 33.4 Å². The van der Waals surface area contributed by atoms with Crippen molar-refractivity contribution in [2.75, 3.05) is 6.54 Å². The van der Waals surface area contributed by atoms with E-state index in [0.29, 0.717) is 13.1 Å². The van der Waals surface area contributed by atoms with Gasteiger partial charge in [0.25, 0.3) is 0 Å². The maximum atomic E-state index is 4.75. The van der Waals surface area contributed by atoms with Gasteiger partial charge in [0.2, 0.25) is 0 Å². The Morgan fingerprint density at radius 3 is 2.44 bits per heavy atom. The zero-order valence-corrected chi connectivity index (χ0v) is 18.2. The van der Waals surface area contributed by atoms with Gasteiger partial charge in [-0.05, 0) is 35.9 Å². The minimum absolute atomic E-state index is 0. The van der Waals surface area contributed by atoms with Gasteiger partial charge in [-0.25, -0.2) is 4.99 Å². The zero-order chi connectivity index (χ0) is 18.2. The van der Waals surface area contributed by atoms with Gasteiger partial charge in [0.05, 0.1) is 18.8 Å². The number of nitrogens with one attached hydrogen (secondary N) is 2. The lowest BCUT2D eigenvalue weighted by Crippen LogP contribution is -2.37. The quantitative estimate of drug-likeness (QED) is 0.310. The van der Waals surface area contributed by atoms with Crippen molar-refractivity contribution >= 4 is 40.7 Å². The number of rotatable bonds is 6. The maximum Gasteiger partial charge on any atom is 0.191 e. The van der Waals surface area contributed by atoms with Crippen molar-refractivity contribution in [1.82, 2.24) is 15.6 Å². The highest BCUT2D eigenvalue weighted by Gasteiger charge is 2.04. The summed E-state index contributed by atoms with van der Waals surface area (Å²) in [4.78, 5) is 9.29. The summed E-state index contributed by atoms with van der Waals surface area (Å²) in [5.41, 5.74) is 3.65. The summed E-state index contributed by atoms with van der Waals surface area (Å²) in [5.74, 6) is 0.813. The first kappa shape index (κ1) is 21.2. The molecule has 0 amide bonds. The Kier molecular flexibility index (Phi) is 8.51. The predicted octanol–water partition coefficient (Wildman–Crippen LogP) is 4.67. The van der Waals surface area contributed by atoms with Crippen molar-refractivity contribution in [3.8, 4) is 0 Å². The smallest absolute Gasteiger partial charge is 0.191 e. The molecular weight excluding hydrogens is 447 g/mol. The van der Waals surface area contributed by atoms with Crippen LogP contribution in [0.15, 0.2) is 65.8 Å². The van der Waals surface area contributed by atoms with E-state index in [9.17, 15) is 0 Å². The zero-order valence-electron chi connectivity index (χ0n) is 15.9. The van der Waals surface area contributed by atoms with Gasteiger partial charge >= 0.3 is 0 Å². The van der Waals surface area contributed by atoms with E-state index in [0.717, 1.165) is 24.6 Å². The third kappa shape index (κ3) is 5.66. The van der Waals surface area contributed by atoms with Gasteiger partial charge in [-0.1, -0.05) is 55.5 Å². The standard InChI is InChI=1S/C22H26N4.HI/c1-3-17-9-5-6-11-19(17)15-25-22(23-4-2)26-16-21-20-12-8-7-10-18(20)13-14-24-21;/h5-14H,3-4,15-16H2,1-2H3,(H2,23,25,26);1H. The van der Waals surface area contributed by atoms with Crippen molar-refractivity contribution in [3.05, 3.63) is 77.6 Å². The summed E-state index contributed by atoms with van der Waals surface area (Å²) < 4.78 is 0. The minimum Gasteiger partial charge on any atom is -0.357 e. The molecule has 27 heavy (non-hydrogen) atoms. The molecule has 0 saturated carbocycles. The highest BCUT2D eigenvalue weighted by Crippen LogP contribution is 2.16. The van der Waals surface area contributed by atoms with E-state index in [4.69, 9.17) is 4.99 Å². The summed E-state index contributed by atoms with van der Waals surface area (Å²) in [6.45, 7) is 6.39. The predicted molar refractivity (Wildman–Crippen MR) is 125 cm³/mol. The van der Waals surface area contributed by atoms with E-state index in [1.54, 1.807) is 0 Å². The van der Waals surface area contributed by atoms with Crippen LogP contribution in [-0.2, 0) is 19.5 Å². The van der Waals surface area contributed by atoms with Crippen LogP contribution in [0.1, 0.15) is 30.7 Å². The summed E-state index contributed by atoms with van der Waals surface area (Å²) in [7, 11) is 0. The molecule has 3 rings (SSSR count). The molecule has 0 aliphatic heterocycles. The molecule has 2 N–H and O–H groups in total. The average molecular weight is 474 g/mol. The fourth-order valence-corrected chi connectivity index (χ4v) is 3.05. The second kappa shape index (κ2) is 10.9. The van der Waals surface area contributed by atoms with Gasteiger partial charge < -0.3 is 10.6 Å². The van der Waals surface area contributed by atoms with Crippen LogP contribution in [0.3, 0.4) is 0 Å². The van der Waals surface area contributed by atoms with Crippen LogP contribution in [-0.4, -0.2) is 17.5 Å². The first-order valence-corrected chi connectivity index (χ1v) is 9.23. The number of fused-ring (bicyclic) bond motifs is 1. The molecular formula is C22H27IN4. The van der Waals surface area contributed by atoms with Gasteiger partial charge in [-0.2, -0.15) is 0 Å². The number of pyridine rings is 1. The van der Waals surface area contributed by atoms with Gasteiger partial charge in [0.1, 0.15) is 0 Å². The molecule has 0 spiro atoms. The van der Waals surface area contributed by atoms with E-state index >= 15 is 0 Å². The molecule has 0 atom stereocenters. The Morgan fingerprint density at radius 2 is 1.67 bits per heavy atom. The first-order valence-electron chi connectivity index (χ1n) is 9.23. The number of guanidine groups is 1. The fourth-order valence-electron chi connectivity index (χ4n) is 3.05. The maximum absolute atomic E-state index is 4.75. The third-order valence-electron chi connectivity index (χ3n) is 4.43. The van der Waals surface area contributed by atoms with Crippen molar-refractivity contribution in [1.29, 1.82) is 0 Å². The molecule has 0 fully saturated rings. The van der Waals surface area contributed by atoms with Crippen molar-refractivity contribution < 1.29 is 0 Å². The molecule has 1 aromatic heterocycles. The van der Waals surface area contributed by atoms with E-state index in [2.05, 4.69) is 78.0 Å². The number of benzene rings is 2. The number of hydrogen-bond donors (Lipinski definition) is 2. The Balaban J connectivity index is 0.00000261. The van der Waals surface area contributed by atoms with Crippen LogP contribution in [0, 0.1) is 0 Å². The molecule has 0 bridgehead atoms. The Morgan fingerprint density at radius 1 is 0.926 bits per heavy atom. The lowest BCUT2D eigenvalue weighted by Gasteiger charge is -2.13. The molecule has 4 nitrogen and oxygen atoms in total. The summed E-state index contributed by atoms with van der Waals surface area (Å²) in [6.07, 6.45) is 2.89. The highest BCUT2D eigenvalue weighted by molar-refractivity contribution is 14.0. The van der Waals surface area contributed by atoms with Crippen LogP contribution in [0.25, 0.3) is 10.8 Å². The number of nitrogens with zero attached hydrogens (tertiary/aromatic N) is 2. The topological polar surface area (TPSA) is 49.3 Å². The second-order valence-corrected chi connectivity index (χ2v) is 6.15. The molecule has 142 valence electrons. The van der Waals surface area contributed by atoms with Crippen LogP contribution in [0.5, 0.6) is 0 Å². The lowest BCUT2D eigenvalue weighted by molar-refractivity contribution is 0.803. The third-order valence-corrected chi connectivity index (χ3v) is 4.43. The Hall–Kier alpha value is -2.15. The molecule has 1 heterocycles.